The largest absolute Gasteiger partial charge is 0.506 e. The first-order valence-electron chi connectivity index (χ1n) is 7.84. The Morgan fingerprint density at radius 2 is 2.05 bits per heavy atom. The molecule has 2 nitrogen and oxygen atoms in total. The third kappa shape index (κ3) is 2.17. The highest BCUT2D eigenvalue weighted by Crippen LogP contribution is 2.50. The Hall–Kier alpha value is -1.41. The minimum absolute atomic E-state index is 0.285. The lowest BCUT2D eigenvalue weighted by molar-refractivity contribution is 0.292. The number of benzene rings is 1. The molecule has 0 amide bonds. The number of aromatic hydroxyl groups is 1. The highest BCUT2D eigenvalue weighted by Gasteiger charge is 2.41. The molecule has 1 aromatic rings. The van der Waals surface area contributed by atoms with Gasteiger partial charge in [-0.2, -0.15) is 0 Å². The van der Waals surface area contributed by atoms with Gasteiger partial charge in [0, 0.05) is 23.0 Å². The second-order valence-electron chi connectivity index (χ2n) is 6.46. The fourth-order valence-electron chi connectivity index (χ4n) is 4.29. The van der Waals surface area contributed by atoms with E-state index in [4.69, 9.17) is 11.6 Å². The Morgan fingerprint density at radius 3 is 2.86 bits per heavy atom. The highest BCUT2D eigenvalue weighted by atomic mass is 35.5. The Bertz CT molecular complexity index is 622. The van der Waals surface area contributed by atoms with Gasteiger partial charge in [0.15, 0.2) is 0 Å². The molecular weight excluding hydrogens is 282 g/mol. The molecule has 2 aliphatic carbocycles. The van der Waals surface area contributed by atoms with Crippen LogP contribution in [0.1, 0.15) is 37.2 Å². The lowest BCUT2D eigenvalue weighted by atomic mass is 9.72. The topological polar surface area (TPSA) is 32.3 Å². The first-order valence-corrected chi connectivity index (χ1v) is 8.22. The summed E-state index contributed by atoms with van der Waals surface area (Å²) in [5.74, 6) is 1.92. The molecule has 1 aliphatic heterocycles. The second-order valence-corrected chi connectivity index (χ2v) is 6.89. The molecule has 0 spiro atoms. The van der Waals surface area contributed by atoms with Gasteiger partial charge in [-0.1, -0.05) is 35.9 Å². The molecule has 0 saturated heterocycles. The number of halogens is 1. The summed E-state index contributed by atoms with van der Waals surface area (Å²) in [7, 11) is 0. The Labute approximate surface area is 130 Å². The van der Waals surface area contributed by atoms with Crippen molar-refractivity contribution in [2.45, 2.75) is 37.6 Å². The molecule has 110 valence electrons. The third-order valence-electron chi connectivity index (χ3n) is 5.27. The highest BCUT2D eigenvalue weighted by molar-refractivity contribution is 6.31. The van der Waals surface area contributed by atoms with Crippen LogP contribution in [-0.4, -0.2) is 11.1 Å². The van der Waals surface area contributed by atoms with E-state index < -0.39 is 0 Å². The predicted octanol–water partition coefficient (Wildman–Crippen LogP) is 4.86. The van der Waals surface area contributed by atoms with Gasteiger partial charge in [-0.3, -0.25) is 0 Å². The van der Waals surface area contributed by atoms with Crippen molar-refractivity contribution in [3.63, 3.8) is 0 Å². The van der Waals surface area contributed by atoms with Gasteiger partial charge in [0.1, 0.15) is 5.75 Å². The van der Waals surface area contributed by atoms with Crippen LogP contribution in [0, 0.1) is 11.8 Å². The van der Waals surface area contributed by atoms with Gasteiger partial charge in [0.05, 0.1) is 5.69 Å². The van der Waals surface area contributed by atoms with Crippen LogP contribution in [0.4, 0.5) is 5.69 Å². The predicted molar refractivity (Wildman–Crippen MR) is 87.0 cm³/mol. The summed E-state index contributed by atoms with van der Waals surface area (Å²) in [6, 6.07) is 4.09. The summed E-state index contributed by atoms with van der Waals surface area (Å²) in [6.45, 7) is 0. The van der Waals surface area contributed by atoms with Crippen molar-refractivity contribution in [3.05, 3.63) is 47.0 Å². The van der Waals surface area contributed by atoms with Crippen molar-refractivity contribution in [3.8, 4) is 5.75 Å². The van der Waals surface area contributed by atoms with Gasteiger partial charge in [-0.05, 0) is 49.1 Å². The molecule has 2 N–H and O–H groups in total. The first-order chi connectivity index (χ1) is 10.2. The lowest BCUT2D eigenvalue weighted by Gasteiger charge is -2.42. The van der Waals surface area contributed by atoms with E-state index in [9.17, 15) is 5.11 Å². The molecule has 1 heterocycles. The maximum absolute atomic E-state index is 10.3. The van der Waals surface area contributed by atoms with Crippen molar-refractivity contribution in [1.29, 1.82) is 0 Å². The smallest absolute Gasteiger partial charge is 0.140 e. The van der Waals surface area contributed by atoms with E-state index in [1.54, 1.807) is 6.07 Å². The molecular formula is C18H20ClNO. The van der Waals surface area contributed by atoms with Crippen molar-refractivity contribution >= 4 is 17.3 Å². The lowest BCUT2D eigenvalue weighted by Crippen LogP contribution is -2.41. The number of fused-ring (bicyclic) bond motifs is 3. The van der Waals surface area contributed by atoms with E-state index in [0.717, 1.165) is 24.1 Å². The number of allylic oxidation sites excluding steroid dienone is 4. The Morgan fingerprint density at radius 1 is 1.14 bits per heavy atom. The second kappa shape index (κ2) is 5.10. The number of phenolic OH excluding ortho intramolecular Hbond substituents is 1. The number of rotatable bonds is 1. The van der Waals surface area contributed by atoms with Gasteiger partial charge in [0.2, 0.25) is 0 Å². The zero-order chi connectivity index (χ0) is 14.4. The number of anilines is 1. The maximum atomic E-state index is 10.3. The molecule has 1 aromatic carbocycles. The molecule has 0 radical (unpaired) electrons. The Kier molecular flexibility index (Phi) is 3.22. The van der Waals surface area contributed by atoms with E-state index in [0.29, 0.717) is 28.8 Å². The van der Waals surface area contributed by atoms with Crippen LogP contribution in [0.15, 0.2) is 36.4 Å². The fourth-order valence-corrected chi connectivity index (χ4v) is 4.51. The van der Waals surface area contributed by atoms with Crippen LogP contribution in [-0.2, 0) is 0 Å². The molecule has 4 rings (SSSR count). The molecule has 0 fully saturated rings. The van der Waals surface area contributed by atoms with Crippen LogP contribution in [0.25, 0.3) is 0 Å². The van der Waals surface area contributed by atoms with Gasteiger partial charge in [-0.25, -0.2) is 0 Å². The normalized spacial score (nSPS) is 33.4. The third-order valence-corrected chi connectivity index (χ3v) is 5.49. The van der Waals surface area contributed by atoms with Crippen LogP contribution >= 0.6 is 11.6 Å². The summed E-state index contributed by atoms with van der Waals surface area (Å²) in [6.07, 6.45) is 13.9. The zero-order valence-electron chi connectivity index (χ0n) is 11.9. The van der Waals surface area contributed by atoms with E-state index in [-0.39, 0.29) is 5.75 Å². The minimum atomic E-state index is 0.285. The van der Waals surface area contributed by atoms with Crippen LogP contribution < -0.4 is 5.32 Å². The molecule has 0 saturated carbocycles. The number of hydrogen-bond donors (Lipinski definition) is 2. The maximum Gasteiger partial charge on any atom is 0.140 e. The van der Waals surface area contributed by atoms with E-state index in [1.165, 1.54) is 12.8 Å². The van der Waals surface area contributed by atoms with Crippen LogP contribution in [0.2, 0.25) is 5.02 Å². The van der Waals surface area contributed by atoms with Crippen molar-refractivity contribution in [1.82, 2.24) is 0 Å². The van der Waals surface area contributed by atoms with E-state index >= 15 is 0 Å². The van der Waals surface area contributed by atoms with Crippen molar-refractivity contribution in [2.24, 2.45) is 11.8 Å². The number of hydrogen-bond acceptors (Lipinski definition) is 2. The minimum Gasteiger partial charge on any atom is -0.506 e. The standard InChI is InChI=1S/C18H20ClNO/c19-12-9-15-13-7-4-8-14(13)17(11-5-2-1-3-6-11)20-18(15)16(21)10-12/h1-2,4,7,9-11,13-14,17,20-21H,3,5-6,8H2. The van der Waals surface area contributed by atoms with Crippen LogP contribution in [0.5, 0.6) is 5.75 Å². The number of phenols is 1. The first kappa shape index (κ1) is 13.3. The molecule has 3 heteroatoms. The molecule has 3 aliphatic rings. The van der Waals surface area contributed by atoms with Crippen LogP contribution in [0.3, 0.4) is 0 Å². The number of nitrogens with one attached hydrogen (secondary N) is 1. The molecule has 4 unspecified atom stereocenters. The van der Waals surface area contributed by atoms with Gasteiger partial charge in [-0.15, -0.1) is 0 Å². The van der Waals surface area contributed by atoms with Gasteiger partial charge < -0.3 is 10.4 Å². The van der Waals surface area contributed by atoms with Gasteiger partial charge in [0.25, 0.3) is 0 Å². The molecule has 21 heavy (non-hydrogen) atoms. The van der Waals surface area contributed by atoms with Crippen molar-refractivity contribution in [2.75, 3.05) is 5.32 Å². The summed E-state index contributed by atoms with van der Waals surface area (Å²) >= 11 is 6.14. The zero-order valence-corrected chi connectivity index (χ0v) is 12.7. The van der Waals surface area contributed by atoms with Crippen molar-refractivity contribution < 1.29 is 5.11 Å². The van der Waals surface area contributed by atoms with Gasteiger partial charge >= 0.3 is 0 Å². The average Bonchev–Trinajstić information content (AvgIpc) is 2.97. The summed E-state index contributed by atoms with van der Waals surface area (Å²) in [5, 5.41) is 14.6. The monoisotopic (exact) mass is 301 g/mol. The molecule has 0 aromatic heterocycles. The van der Waals surface area contributed by atoms with E-state index in [2.05, 4.69) is 29.6 Å². The fraction of sp³-hybridized carbons (Fsp3) is 0.444. The SMILES string of the molecule is Oc1cc(Cl)cc2c1NC(C1CC=CCC1)C1CC=CC21. The summed E-state index contributed by atoms with van der Waals surface area (Å²) in [5.41, 5.74) is 2.05. The summed E-state index contributed by atoms with van der Waals surface area (Å²) in [4.78, 5) is 0. The van der Waals surface area contributed by atoms with E-state index in [1.807, 2.05) is 6.07 Å². The summed E-state index contributed by atoms with van der Waals surface area (Å²) < 4.78 is 0. The quantitative estimate of drug-likeness (QED) is 0.574. The Balaban J connectivity index is 1.75. The molecule has 0 bridgehead atoms. The average molecular weight is 302 g/mol. The molecule has 4 atom stereocenters.